The standard InChI is InChI=1S/C30H38F3N5O2/c1-29(2,3)40-28(39)38-18-16-36(17-19-38)15-12-35-25-7-4-22(5-8-25)23-10-13-37(14-11-23)26-9-6-24(21-34)27(20-26)30(31,32)33/h4-9,20,23,35H,10-19H2,1-3H3. The molecule has 0 spiro atoms. The molecule has 2 aromatic carbocycles. The monoisotopic (exact) mass is 557 g/mol. The molecule has 2 aromatic rings. The van der Waals surface area contributed by atoms with E-state index >= 15 is 0 Å². The van der Waals surface area contributed by atoms with Gasteiger partial charge in [-0.15, -0.1) is 0 Å². The zero-order chi connectivity index (χ0) is 28.9. The Morgan fingerprint density at radius 1 is 1.00 bits per heavy atom. The van der Waals surface area contributed by atoms with Crippen molar-refractivity contribution in [2.75, 3.05) is 62.6 Å². The lowest BCUT2D eigenvalue weighted by Crippen LogP contribution is -2.50. The normalized spacial score (nSPS) is 17.4. The number of hydrogen-bond donors (Lipinski definition) is 1. The van der Waals surface area contributed by atoms with Gasteiger partial charge >= 0.3 is 12.3 Å². The molecule has 4 rings (SSSR count). The Kier molecular flexibility index (Phi) is 9.14. The molecule has 2 aliphatic heterocycles. The van der Waals surface area contributed by atoms with Crippen LogP contribution in [-0.4, -0.2) is 73.9 Å². The second kappa shape index (κ2) is 12.4. The highest BCUT2D eigenvalue weighted by molar-refractivity contribution is 5.68. The molecule has 0 radical (unpaired) electrons. The van der Waals surface area contributed by atoms with Crippen LogP contribution in [0.2, 0.25) is 0 Å². The van der Waals surface area contributed by atoms with Gasteiger partial charge in [0.25, 0.3) is 0 Å². The fourth-order valence-electron chi connectivity index (χ4n) is 5.24. The molecule has 0 aromatic heterocycles. The van der Waals surface area contributed by atoms with E-state index in [0.29, 0.717) is 37.8 Å². The van der Waals surface area contributed by atoms with E-state index in [9.17, 15) is 18.0 Å². The van der Waals surface area contributed by atoms with Crippen molar-refractivity contribution in [1.29, 1.82) is 5.26 Å². The quantitative estimate of drug-likeness (QED) is 0.475. The summed E-state index contributed by atoms with van der Waals surface area (Å²) in [5, 5.41) is 12.5. The summed E-state index contributed by atoms with van der Waals surface area (Å²) in [5.74, 6) is 0.354. The van der Waals surface area contributed by atoms with Crippen LogP contribution < -0.4 is 10.2 Å². The average molecular weight is 558 g/mol. The predicted octanol–water partition coefficient (Wildman–Crippen LogP) is 5.93. The van der Waals surface area contributed by atoms with Crippen LogP contribution in [0.4, 0.5) is 29.3 Å². The van der Waals surface area contributed by atoms with E-state index in [1.807, 2.05) is 25.7 Å². The van der Waals surface area contributed by atoms with Gasteiger partial charge in [-0.3, -0.25) is 4.90 Å². The van der Waals surface area contributed by atoms with Gasteiger partial charge in [-0.25, -0.2) is 4.79 Å². The largest absolute Gasteiger partial charge is 0.444 e. The Morgan fingerprint density at radius 2 is 1.65 bits per heavy atom. The first-order valence-corrected chi connectivity index (χ1v) is 13.8. The number of nitrogens with one attached hydrogen (secondary N) is 1. The highest BCUT2D eigenvalue weighted by atomic mass is 19.4. The second-order valence-electron chi connectivity index (χ2n) is 11.5. The summed E-state index contributed by atoms with van der Waals surface area (Å²) >= 11 is 0. The average Bonchev–Trinajstić information content (AvgIpc) is 2.92. The fraction of sp³-hybridized carbons (Fsp3) is 0.533. The molecule has 0 unspecified atom stereocenters. The van der Waals surface area contributed by atoms with Crippen molar-refractivity contribution in [3.63, 3.8) is 0 Å². The minimum absolute atomic E-state index is 0.249. The summed E-state index contributed by atoms with van der Waals surface area (Å²) in [6, 6.07) is 14.0. The third-order valence-corrected chi connectivity index (χ3v) is 7.45. The predicted molar refractivity (Wildman–Crippen MR) is 150 cm³/mol. The Hall–Kier alpha value is -3.45. The number of benzene rings is 2. The molecule has 0 aliphatic carbocycles. The van der Waals surface area contributed by atoms with Crippen LogP contribution in [-0.2, 0) is 10.9 Å². The first kappa shape index (κ1) is 29.5. The van der Waals surface area contributed by atoms with Gasteiger partial charge in [0.2, 0.25) is 0 Å². The van der Waals surface area contributed by atoms with Crippen molar-refractivity contribution in [3.8, 4) is 6.07 Å². The van der Waals surface area contributed by atoms with Gasteiger partial charge < -0.3 is 19.9 Å². The Labute approximate surface area is 234 Å². The molecular formula is C30H38F3N5O2. The van der Waals surface area contributed by atoms with E-state index in [0.717, 1.165) is 50.8 Å². The van der Waals surface area contributed by atoms with Gasteiger partial charge in [-0.1, -0.05) is 12.1 Å². The number of hydrogen-bond acceptors (Lipinski definition) is 6. The molecule has 2 saturated heterocycles. The SMILES string of the molecule is CC(C)(C)OC(=O)N1CCN(CCNc2ccc(C3CCN(c4ccc(C#N)c(C(F)(F)F)c4)CC3)cc2)CC1. The summed E-state index contributed by atoms with van der Waals surface area (Å²) in [6.45, 7) is 11.6. The third-order valence-electron chi connectivity index (χ3n) is 7.45. The molecule has 2 fully saturated rings. The molecule has 2 heterocycles. The van der Waals surface area contributed by atoms with E-state index in [-0.39, 0.29) is 11.7 Å². The minimum atomic E-state index is -4.55. The summed E-state index contributed by atoms with van der Waals surface area (Å²) in [6.07, 6.45) is -3.10. The Morgan fingerprint density at radius 3 is 2.23 bits per heavy atom. The maximum atomic E-state index is 13.4. The van der Waals surface area contributed by atoms with Gasteiger partial charge in [0, 0.05) is 63.7 Å². The maximum Gasteiger partial charge on any atom is 0.417 e. The summed E-state index contributed by atoms with van der Waals surface area (Å²) in [5.41, 5.74) is 1.09. The van der Waals surface area contributed by atoms with Gasteiger partial charge in [0.1, 0.15) is 5.60 Å². The Balaban J connectivity index is 1.20. The van der Waals surface area contributed by atoms with E-state index in [4.69, 9.17) is 10.00 Å². The summed E-state index contributed by atoms with van der Waals surface area (Å²) in [7, 11) is 0. The van der Waals surface area contributed by atoms with Crippen LogP contribution >= 0.6 is 0 Å². The van der Waals surface area contributed by atoms with Crippen LogP contribution in [0.5, 0.6) is 0 Å². The molecule has 216 valence electrons. The number of piperazine rings is 1. The van der Waals surface area contributed by atoms with E-state index in [1.54, 1.807) is 17.0 Å². The van der Waals surface area contributed by atoms with E-state index in [1.165, 1.54) is 11.6 Å². The first-order chi connectivity index (χ1) is 18.9. The number of nitriles is 1. The fourth-order valence-corrected chi connectivity index (χ4v) is 5.24. The molecular weight excluding hydrogens is 519 g/mol. The number of carbonyl (C=O) groups excluding carboxylic acids is 1. The number of carbonyl (C=O) groups is 1. The number of halogens is 3. The van der Waals surface area contributed by atoms with Crippen LogP contribution in [0.25, 0.3) is 0 Å². The third kappa shape index (κ3) is 7.81. The molecule has 1 N–H and O–H groups in total. The molecule has 0 saturated carbocycles. The highest BCUT2D eigenvalue weighted by Gasteiger charge is 2.34. The maximum absolute atomic E-state index is 13.4. The van der Waals surface area contributed by atoms with Crippen molar-refractivity contribution in [2.45, 2.75) is 51.3 Å². The number of alkyl halides is 3. The van der Waals surface area contributed by atoms with Crippen molar-refractivity contribution in [3.05, 3.63) is 59.2 Å². The summed E-state index contributed by atoms with van der Waals surface area (Å²) < 4.78 is 45.5. The van der Waals surface area contributed by atoms with Crippen LogP contribution in [0.1, 0.15) is 56.2 Å². The molecule has 40 heavy (non-hydrogen) atoms. The minimum Gasteiger partial charge on any atom is -0.444 e. The van der Waals surface area contributed by atoms with Crippen molar-refractivity contribution >= 4 is 17.5 Å². The van der Waals surface area contributed by atoms with Crippen LogP contribution in [0.15, 0.2) is 42.5 Å². The van der Waals surface area contributed by atoms with E-state index < -0.39 is 17.3 Å². The lowest BCUT2D eigenvalue weighted by atomic mass is 9.89. The number of piperidine rings is 1. The van der Waals surface area contributed by atoms with Gasteiger partial charge in [0.05, 0.1) is 17.2 Å². The highest BCUT2D eigenvalue weighted by Crippen LogP contribution is 2.36. The number of amides is 1. The van der Waals surface area contributed by atoms with E-state index in [2.05, 4.69) is 34.5 Å². The molecule has 2 aliphatic rings. The van der Waals surface area contributed by atoms with Gasteiger partial charge in [-0.05, 0) is 75.4 Å². The van der Waals surface area contributed by atoms with Crippen molar-refractivity contribution in [1.82, 2.24) is 9.80 Å². The zero-order valence-electron chi connectivity index (χ0n) is 23.4. The topological polar surface area (TPSA) is 71.8 Å². The Bertz CT molecular complexity index is 1190. The van der Waals surface area contributed by atoms with Crippen LogP contribution in [0, 0.1) is 11.3 Å². The molecule has 0 bridgehead atoms. The van der Waals surface area contributed by atoms with Crippen molar-refractivity contribution < 1.29 is 22.7 Å². The van der Waals surface area contributed by atoms with Crippen molar-refractivity contribution in [2.24, 2.45) is 0 Å². The lowest BCUT2D eigenvalue weighted by Gasteiger charge is -2.35. The van der Waals surface area contributed by atoms with Crippen LogP contribution in [0.3, 0.4) is 0 Å². The first-order valence-electron chi connectivity index (χ1n) is 13.8. The number of nitrogens with zero attached hydrogens (tertiary/aromatic N) is 4. The molecule has 0 atom stereocenters. The number of anilines is 2. The second-order valence-corrected chi connectivity index (χ2v) is 11.5. The number of rotatable bonds is 6. The van der Waals surface area contributed by atoms with Gasteiger partial charge in [-0.2, -0.15) is 18.4 Å². The lowest BCUT2D eigenvalue weighted by molar-refractivity contribution is -0.137. The molecule has 1 amide bonds. The zero-order valence-corrected chi connectivity index (χ0v) is 23.4. The smallest absolute Gasteiger partial charge is 0.417 e. The molecule has 7 nitrogen and oxygen atoms in total. The number of ether oxygens (including phenoxy) is 1. The molecule has 10 heteroatoms. The summed E-state index contributed by atoms with van der Waals surface area (Å²) in [4.78, 5) is 18.3. The van der Waals surface area contributed by atoms with Gasteiger partial charge in [0.15, 0.2) is 0 Å².